The van der Waals surface area contributed by atoms with Crippen molar-refractivity contribution in [2.75, 3.05) is 11.4 Å². The third kappa shape index (κ3) is 3.02. The largest absolute Gasteiger partial charge is 0.294 e. The van der Waals surface area contributed by atoms with Crippen LogP contribution in [0.25, 0.3) is 0 Å². The first-order valence-electron chi connectivity index (χ1n) is 10.9. The SMILES string of the molecule is CCC1CCCC1C1=CCN=C2C=Nc3c(ccn3S(=O)(=O)C3=CC=C(C)CC3)N12. The van der Waals surface area contributed by atoms with E-state index in [1.807, 2.05) is 19.1 Å². The Morgan fingerprint density at radius 1 is 1.20 bits per heavy atom. The molecule has 2 aliphatic heterocycles. The van der Waals surface area contributed by atoms with E-state index >= 15 is 0 Å². The van der Waals surface area contributed by atoms with E-state index in [0.717, 1.165) is 17.9 Å². The third-order valence-electron chi connectivity index (χ3n) is 6.86. The third-order valence-corrected chi connectivity index (χ3v) is 8.68. The van der Waals surface area contributed by atoms with Crippen LogP contribution < -0.4 is 4.90 Å². The van der Waals surface area contributed by atoms with E-state index in [1.165, 1.54) is 40.9 Å². The molecule has 1 aromatic rings. The molecule has 5 rings (SSSR count). The van der Waals surface area contributed by atoms with E-state index in [4.69, 9.17) is 0 Å². The number of aromatic nitrogens is 1. The van der Waals surface area contributed by atoms with Crippen molar-refractivity contribution < 1.29 is 8.42 Å². The number of hydrogen-bond donors (Lipinski definition) is 0. The predicted octanol–water partition coefficient (Wildman–Crippen LogP) is 4.93. The molecule has 7 heteroatoms. The molecule has 158 valence electrons. The summed E-state index contributed by atoms with van der Waals surface area (Å²) in [5, 5.41) is 0. The highest BCUT2D eigenvalue weighted by Crippen LogP contribution is 2.45. The van der Waals surface area contributed by atoms with Crippen LogP contribution in [0.4, 0.5) is 11.5 Å². The van der Waals surface area contributed by atoms with Crippen molar-refractivity contribution in [2.45, 2.75) is 52.4 Å². The summed E-state index contributed by atoms with van der Waals surface area (Å²) in [5.74, 6) is 2.45. The molecule has 0 spiro atoms. The fraction of sp³-hybridized carbons (Fsp3) is 0.478. The molecule has 0 bridgehead atoms. The van der Waals surface area contributed by atoms with E-state index in [2.05, 4.69) is 27.9 Å². The van der Waals surface area contributed by atoms with Crippen molar-refractivity contribution in [1.29, 1.82) is 0 Å². The lowest BCUT2D eigenvalue weighted by Crippen LogP contribution is -2.39. The van der Waals surface area contributed by atoms with Crippen LogP contribution >= 0.6 is 0 Å². The standard InChI is InChI=1S/C23H28N4O2S/c1-3-17-5-4-6-19(17)20-11-13-24-22-15-25-23-21(27(20)22)12-14-26(23)30(28,29)18-9-7-16(2)8-10-18/h7,9,11-12,14-15,17,19H,3-6,8,10,13H2,1-2H3. The monoisotopic (exact) mass is 424 g/mol. The molecule has 4 aliphatic rings. The number of nitrogens with zero attached hydrogens (tertiary/aromatic N) is 4. The summed E-state index contributed by atoms with van der Waals surface area (Å²) < 4.78 is 28.0. The first kappa shape index (κ1) is 19.5. The fourth-order valence-corrected chi connectivity index (χ4v) is 6.63. The van der Waals surface area contributed by atoms with Gasteiger partial charge in [-0.15, -0.1) is 0 Å². The fourth-order valence-electron chi connectivity index (χ4n) is 5.19. The number of fused-ring (bicyclic) bond motifs is 3. The summed E-state index contributed by atoms with van der Waals surface area (Å²) in [6.45, 7) is 4.95. The van der Waals surface area contributed by atoms with E-state index in [-0.39, 0.29) is 0 Å². The van der Waals surface area contributed by atoms with E-state index < -0.39 is 10.0 Å². The van der Waals surface area contributed by atoms with Crippen molar-refractivity contribution in [1.82, 2.24) is 3.97 Å². The number of allylic oxidation sites excluding steroid dienone is 5. The second kappa shape index (κ2) is 7.38. The van der Waals surface area contributed by atoms with Gasteiger partial charge in [-0.1, -0.05) is 31.4 Å². The summed E-state index contributed by atoms with van der Waals surface area (Å²) in [5.41, 5.74) is 3.28. The summed E-state index contributed by atoms with van der Waals surface area (Å²) in [6, 6.07) is 1.87. The van der Waals surface area contributed by atoms with Gasteiger partial charge in [0.15, 0.2) is 11.7 Å². The lowest BCUT2D eigenvalue weighted by Gasteiger charge is -2.36. The molecule has 30 heavy (non-hydrogen) atoms. The van der Waals surface area contributed by atoms with Gasteiger partial charge < -0.3 is 0 Å². The molecule has 2 unspecified atom stereocenters. The highest BCUT2D eigenvalue weighted by Gasteiger charge is 2.38. The summed E-state index contributed by atoms with van der Waals surface area (Å²) >= 11 is 0. The molecule has 3 heterocycles. The van der Waals surface area contributed by atoms with E-state index in [9.17, 15) is 8.42 Å². The number of amidine groups is 1. The van der Waals surface area contributed by atoms with Gasteiger partial charge in [0.05, 0.1) is 23.4 Å². The number of anilines is 1. The molecule has 0 saturated heterocycles. The number of rotatable bonds is 4. The van der Waals surface area contributed by atoms with Crippen molar-refractivity contribution in [2.24, 2.45) is 21.8 Å². The molecule has 2 atom stereocenters. The Balaban J connectivity index is 1.56. The molecule has 1 saturated carbocycles. The average Bonchev–Trinajstić information content (AvgIpc) is 3.40. The van der Waals surface area contributed by atoms with E-state index in [1.54, 1.807) is 18.5 Å². The van der Waals surface area contributed by atoms with E-state index in [0.29, 0.717) is 35.5 Å². The molecule has 0 amide bonds. The Labute approximate surface area is 178 Å². The maximum Gasteiger partial charge on any atom is 0.265 e. The normalized spacial score (nSPS) is 25.9. The van der Waals surface area contributed by atoms with Crippen molar-refractivity contribution in [3.8, 4) is 0 Å². The summed E-state index contributed by atoms with van der Waals surface area (Å²) in [7, 11) is -3.64. The van der Waals surface area contributed by atoms with Crippen LogP contribution in [0.3, 0.4) is 0 Å². The maximum absolute atomic E-state index is 13.4. The van der Waals surface area contributed by atoms with Gasteiger partial charge in [-0.25, -0.2) is 17.4 Å². The number of hydrogen-bond acceptors (Lipinski definition) is 5. The quantitative estimate of drug-likeness (QED) is 0.688. The minimum absolute atomic E-state index is 0.442. The second-order valence-corrected chi connectivity index (χ2v) is 10.5. The Kier molecular flexibility index (Phi) is 4.81. The molecule has 2 aliphatic carbocycles. The van der Waals surface area contributed by atoms with Crippen LogP contribution in [0.15, 0.2) is 56.7 Å². The lowest BCUT2D eigenvalue weighted by atomic mass is 9.89. The van der Waals surface area contributed by atoms with Crippen molar-refractivity contribution in [3.63, 3.8) is 0 Å². The minimum Gasteiger partial charge on any atom is -0.294 e. The highest BCUT2D eigenvalue weighted by atomic mass is 32.2. The molecule has 0 radical (unpaired) electrons. The first-order chi connectivity index (χ1) is 14.5. The molecular formula is C23H28N4O2S. The van der Waals surface area contributed by atoms with Gasteiger partial charge in [0, 0.05) is 17.8 Å². The van der Waals surface area contributed by atoms with Gasteiger partial charge in [0.2, 0.25) is 0 Å². The Hall–Kier alpha value is -2.41. The zero-order valence-corrected chi connectivity index (χ0v) is 18.4. The van der Waals surface area contributed by atoms with Gasteiger partial charge in [0.1, 0.15) is 0 Å². The summed E-state index contributed by atoms with van der Waals surface area (Å²) in [6.07, 6.45) is 15.4. The van der Waals surface area contributed by atoms with Gasteiger partial charge in [0.25, 0.3) is 10.0 Å². The Morgan fingerprint density at radius 3 is 2.83 bits per heavy atom. The Morgan fingerprint density at radius 2 is 2.07 bits per heavy atom. The first-order valence-corrected chi connectivity index (χ1v) is 12.4. The molecule has 6 nitrogen and oxygen atoms in total. The molecule has 1 aromatic heterocycles. The van der Waals surface area contributed by atoms with Crippen LogP contribution in [-0.2, 0) is 10.0 Å². The maximum atomic E-state index is 13.4. The highest BCUT2D eigenvalue weighted by molar-refractivity contribution is 7.93. The average molecular weight is 425 g/mol. The molecular weight excluding hydrogens is 396 g/mol. The lowest BCUT2D eigenvalue weighted by molar-refractivity contribution is 0.422. The van der Waals surface area contributed by atoms with Gasteiger partial charge in [-0.3, -0.25) is 9.89 Å². The van der Waals surface area contributed by atoms with Crippen LogP contribution in [0, 0.1) is 11.8 Å². The smallest absolute Gasteiger partial charge is 0.265 e. The van der Waals surface area contributed by atoms with Crippen LogP contribution in [0.2, 0.25) is 0 Å². The zero-order valence-electron chi connectivity index (χ0n) is 17.6. The molecule has 0 N–H and O–H groups in total. The topological polar surface area (TPSA) is 67.0 Å². The van der Waals surface area contributed by atoms with Crippen LogP contribution in [0.1, 0.15) is 52.4 Å². The van der Waals surface area contributed by atoms with Crippen molar-refractivity contribution in [3.05, 3.63) is 46.7 Å². The second-order valence-electron chi connectivity index (χ2n) is 8.60. The van der Waals surface area contributed by atoms with Crippen LogP contribution in [0.5, 0.6) is 0 Å². The van der Waals surface area contributed by atoms with Gasteiger partial charge in [-0.2, -0.15) is 0 Å². The predicted molar refractivity (Wildman–Crippen MR) is 122 cm³/mol. The molecule has 1 fully saturated rings. The number of aliphatic imine (C=N–C) groups is 2. The van der Waals surface area contributed by atoms with Crippen LogP contribution in [-0.4, -0.2) is 31.0 Å². The zero-order chi connectivity index (χ0) is 20.9. The summed E-state index contributed by atoms with van der Waals surface area (Å²) in [4.78, 5) is 11.8. The Bertz CT molecular complexity index is 1130. The van der Waals surface area contributed by atoms with Gasteiger partial charge >= 0.3 is 0 Å². The molecule has 0 aromatic carbocycles. The van der Waals surface area contributed by atoms with Crippen molar-refractivity contribution >= 4 is 33.6 Å². The minimum atomic E-state index is -3.64. The van der Waals surface area contributed by atoms with Gasteiger partial charge in [-0.05, 0) is 56.7 Å².